The third-order valence-electron chi connectivity index (χ3n) is 3.76. The fraction of sp³-hybridized carbons (Fsp3) is 0.917. The Morgan fingerprint density at radius 3 is 2.82 bits per heavy atom. The molecule has 3 atom stereocenters. The molecule has 2 saturated heterocycles. The van der Waals surface area contributed by atoms with Crippen LogP contribution in [0.25, 0.3) is 0 Å². The Morgan fingerprint density at radius 2 is 2.24 bits per heavy atom. The summed E-state index contributed by atoms with van der Waals surface area (Å²) in [6, 6.07) is 0.198. The lowest BCUT2D eigenvalue weighted by atomic mass is 10.2. The van der Waals surface area contributed by atoms with Crippen LogP contribution >= 0.6 is 0 Å². The first-order valence-electron chi connectivity index (χ1n) is 6.60. The van der Waals surface area contributed by atoms with E-state index in [0.29, 0.717) is 25.6 Å². The van der Waals surface area contributed by atoms with Gasteiger partial charge >= 0.3 is 0 Å². The first-order chi connectivity index (χ1) is 8.16. The van der Waals surface area contributed by atoms with Crippen LogP contribution in [0.5, 0.6) is 0 Å². The van der Waals surface area contributed by atoms with E-state index in [1.807, 2.05) is 0 Å². The van der Waals surface area contributed by atoms with Crippen LogP contribution in [0.1, 0.15) is 26.2 Å². The number of aliphatic hydroxyl groups is 1. The summed E-state index contributed by atoms with van der Waals surface area (Å²) in [5.41, 5.74) is 0. The quantitative estimate of drug-likeness (QED) is 0.609. The van der Waals surface area contributed by atoms with Crippen LogP contribution in [0.2, 0.25) is 0 Å². The van der Waals surface area contributed by atoms with Gasteiger partial charge in [0, 0.05) is 19.1 Å². The molecule has 0 aliphatic carbocycles. The maximum atomic E-state index is 11.8. The molecule has 1 amide bonds. The number of nitrogens with one attached hydrogen (secondary N) is 2. The first kappa shape index (κ1) is 12.8. The van der Waals surface area contributed by atoms with Gasteiger partial charge in [-0.1, -0.05) is 0 Å². The van der Waals surface area contributed by atoms with Gasteiger partial charge in [0.05, 0.1) is 12.1 Å². The molecule has 5 heteroatoms. The minimum Gasteiger partial charge on any atom is -0.392 e. The highest BCUT2D eigenvalue weighted by Crippen LogP contribution is 2.11. The van der Waals surface area contributed by atoms with Crippen molar-refractivity contribution in [3.05, 3.63) is 0 Å². The maximum absolute atomic E-state index is 11.8. The molecule has 5 nitrogen and oxygen atoms in total. The summed E-state index contributed by atoms with van der Waals surface area (Å²) in [6.45, 7) is 5.68. The zero-order valence-electron chi connectivity index (χ0n) is 10.5. The maximum Gasteiger partial charge on any atom is 0.237 e. The lowest BCUT2D eigenvalue weighted by molar-refractivity contribution is -0.123. The Hall–Kier alpha value is -0.650. The van der Waals surface area contributed by atoms with Gasteiger partial charge in [-0.25, -0.2) is 0 Å². The van der Waals surface area contributed by atoms with Crippen molar-refractivity contribution in [1.29, 1.82) is 0 Å². The van der Waals surface area contributed by atoms with Gasteiger partial charge in [-0.15, -0.1) is 0 Å². The van der Waals surface area contributed by atoms with Crippen LogP contribution in [-0.2, 0) is 4.79 Å². The molecule has 0 spiro atoms. The normalized spacial score (nSPS) is 31.6. The van der Waals surface area contributed by atoms with Crippen molar-refractivity contribution in [2.45, 2.75) is 44.4 Å². The van der Waals surface area contributed by atoms with E-state index in [4.69, 9.17) is 0 Å². The Balaban J connectivity index is 1.68. The average Bonchev–Trinajstić information content (AvgIpc) is 2.95. The van der Waals surface area contributed by atoms with Crippen molar-refractivity contribution in [3.8, 4) is 0 Å². The van der Waals surface area contributed by atoms with Gasteiger partial charge in [0.25, 0.3) is 0 Å². The standard InChI is InChI=1S/C12H23N3O2/c1-9(15-4-2-3-5-15)7-14-12(17)11-6-10(16)8-13-11/h9-11,13,16H,2-8H2,1H3,(H,14,17). The Labute approximate surface area is 103 Å². The van der Waals surface area contributed by atoms with Crippen LogP contribution in [0.4, 0.5) is 0 Å². The molecule has 0 radical (unpaired) electrons. The molecular formula is C12H23N3O2. The predicted octanol–water partition coefficient (Wildman–Crippen LogP) is -0.690. The molecule has 98 valence electrons. The lowest BCUT2D eigenvalue weighted by Gasteiger charge is -2.24. The summed E-state index contributed by atoms with van der Waals surface area (Å²) in [5, 5.41) is 15.3. The molecule has 0 aromatic heterocycles. The molecule has 0 aromatic carbocycles. The molecule has 3 unspecified atom stereocenters. The van der Waals surface area contributed by atoms with Gasteiger partial charge in [-0.05, 0) is 39.3 Å². The molecule has 2 rings (SSSR count). The van der Waals surface area contributed by atoms with Gasteiger partial charge in [0.1, 0.15) is 0 Å². The molecule has 17 heavy (non-hydrogen) atoms. The highest BCUT2D eigenvalue weighted by Gasteiger charge is 2.28. The van der Waals surface area contributed by atoms with E-state index in [1.54, 1.807) is 0 Å². The summed E-state index contributed by atoms with van der Waals surface area (Å²) in [4.78, 5) is 14.2. The molecule has 2 aliphatic heterocycles. The average molecular weight is 241 g/mol. The molecule has 0 saturated carbocycles. The summed E-state index contributed by atoms with van der Waals surface area (Å²) < 4.78 is 0. The van der Waals surface area contributed by atoms with Gasteiger partial charge in [0.15, 0.2) is 0 Å². The number of likely N-dealkylation sites (tertiary alicyclic amines) is 1. The lowest BCUT2D eigenvalue weighted by Crippen LogP contribution is -2.46. The van der Waals surface area contributed by atoms with E-state index in [-0.39, 0.29) is 18.1 Å². The van der Waals surface area contributed by atoms with Crippen molar-refractivity contribution in [3.63, 3.8) is 0 Å². The molecule has 0 bridgehead atoms. The van der Waals surface area contributed by atoms with Crippen LogP contribution < -0.4 is 10.6 Å². The number of β-amino-alcohol motifs (C(OH)–C–C–N with tert-alkyl or cyclic N) is 1. The van der Waals surface area contributed by atoms with E-state index in [0.717, 1.165) is 13.1 Å². The van der Waals surface area contributed by atoms with Crippen LogP contribution in [0.15, 0.2) is 0 Å². The number of amides is 1. The number of nitrogens with zero attached hydrogens (tertiary/aromatic N) is 1. The second-order valence-electron chi connectivity index (χ2n) is 5.19. The van der Waals surface area contributed by atoms with E-state index in [2.05, 4.69) is 22.5 Å². The third-order valence-corrected chi connectivity index (χ3v) is 3.76. The molecule has 2 fully saturated rings. The third kappa shape index (κ3) is 3.40. The van der Waals surface area contributed by atoms with Crippen molar-refractivity contribution >= 4 is 5.91 Å². The van der Waals surface area contributed by atoms with E-state index >= 15 is 0 Å². The monoisotopic (exact) mass is 241 g/mol. The summed E-state index contributed by atoms with van der Waals surface area (Å²) >= 11 is 0. The van der Waals surface area contributed by atoms with Crippen molar-refractivity contribution < 1.29 is 9.90 Å². The second kappa shape index (κ2) is 5.80. The number of rotatable bonds is 4. The molecule has 3 N–H and O–H groups in total. The largest absolute Gasteiger partial charge is 0.392 e. The Bertz CT molecular complexity index is 266. The summed E-state index contributed by atoms with van der Waals surface area (Å²) in [6.07, 6.45) is 2.70. The zero-order chi connectivity index (χ0) is 12.3. The molecule has 2 aliphatic rings. The second-order valence-corrected chi connectivity index (χ2v) is 5.19. The fourth-order valence-corrected chi connectivity index (χ4v) is 2.60. The number of hydrogen-bond acceptors (Lipinski definition) is 4. The highest BCUT2D eigenvalue weighted by atomic mass is 16.3. The van der Waals surface area contributed by atoms with Crippen LogP contribution in [-0.4, -0.2) is 60.3 Å². The topological polar surface area (TPSA) is 64.6 Å². The number of hydrogen-bond donors (Lipinski definition) is 3. The smallest absolute Gasteiger partial charge is 0.237 e. The predicted molar refractivity (Wildman–Crippen MR) is 65.7 cm³/mol. The Kier molecular flexibility index (Phi) is 4.36. The first-order valence-corrected chi connectivity index (χ1v) is 6.60. The Morgan fingerprint density at radius 1 is 1.53 bits per heavy atom. The van der Waals surface area contributed by atoms with Crippen molar-refractivity contribution in [2.24, 2.45) is 0 Å². The molecular weight excluding hydrogens is 218 g/mol. The van der Waals surface area contributed by atoms with Gasteiger partial charge in [-0.2, -0.15) is 0 Å². The SMILES string of the molecule is CC(CNC(=O)C1CC(O)CN1)N1CCCC1. The zero-order valence-corrected chi connectivity index (χ0v) is 10.5. The minimum absolute atomic E-state index is 0.0209. The molecule has 0 aromatic rings. The van der Waals surface area contributed by atoms with Gasteiger partial charge in [-0.3, -0.25) is 9.69 Å². The van der Waals surface area contributed by atoms with Crippen LogP contribution in [0.3, 0.4) is 0 Å². The number of carbonyl (C=O) groups is 1. The number of carbonyl (C=O) groups excluding carboxylic acids is 1. The number of aliphatic hydroxyl groups excluding tert-OH is 1. The van der Waals surface area contributed by atoms with Crippen molar-refractivity contribution in [2.75, 3.05) is 26.2 Å². The summed E-state index contributed by atoms with van der Waals surface area (Å²) in [7, 11) is 0. The highest BCUT2D eigenvalue weighted by molar-refractivity contribution is 5.82. The minimum atomic E-state index is -0.373. The van der Waals surface area contributed by atoms with E-state index in [1.165, 1.54) is 12.8 Å². The van der Waals surface area contributed by atoms with E-state index in [9.17, 15) is 9.90 Å². The van der Waals surface area contributed by atoms with E-state index < -0.39 is 0 Å². The van der Waals surface area contributed by atoms with Gasteiger partial charge < -0.3 is 15.7 Å². The molecule has 2 heterocycles. The van der Waals surface area contributed by atoms with Crippen LogP contribution in [0, 0.1) is 0 Å². The summed E-state index contributed by atoms with van der Waals surface area (Å²) in [5.74, 6) is 0.0209. The fourth-order valence-electron chi connectivity index (χ4n) is 2.60. The van der Waals surface area contributed by atoms with Gasteiger partial charge in [0.2, 0.25) is 5.91 Å². The van der Waals surface area contributed by atoms with Crippen molar-refractivity contribution in [1.82, 2.24) is 15.5 Å².